The van der Waals surface area contributed by atoms with Gasteiger partial charge in [-0.15, -0.1) is 0 Å². The first kappa shape index (κ1) is 17.8. The number of nitrogens with zero attached hydrogens (tertiary/aromatic N) is 4. The molecule has 140 valence electrons. The molecule has 0 saturated heterocycles. The molecule has 1 fully saturated rings. The van der Waals surface area contributed by atoms with E-state index in [1.165, 1.54) is 18.5 Å². The first-order valence-electron chi connectivity index (χ1n) is 8.63. The molecule has 2 atom stereocenters. The monoisotopic (exact) mass is 389 g/mol. The molecule has 1 aromatic carbocycles. The van der Waals surface area contributed by atoms with Crippen LogP contribution in [0.15, 0.2) is 30.7 Å². The molecule has 2 aromatic heterocycles. The third-order valence-corrected chi connectivity index (χ3v) is 4.70. The standard InChI is InChI=1S/C18H17ClFN5O2/c19-13-6-10(4-5-14(13)20)24-17-16-15(22-9-23-17)8-21-18(25-16)27-12-3-1-2-11(26)7-12/h4-6,8-9,11-12,26H,1-3,7H2,(H,22,23,24). The lowest BCUT2D eigenvalue weighted by atomic mass is 9.95. The van der Waals surface area contributed by atoms with E-state index in [0.29, 0.717) is 29.0 Å². The molecule has 0 spiro atoms. The molecule has 2 heterocycles. The maximum Gasteiger partial charge on any atom is 0.317 e. The summed E-state index contributed by atoms with van der Waals surface area (Å²) in [4.78, 5) is 17.0. The van der Waals surface area contributed by atoms with Gasteiger partial charge in [0.1, 0.15) is 29.3 Å². The van der Waals surface area contributed by atoms with Crippen molar-refractivity contribution < 1.29 is 14.2 Å². The number of rotatable bonds is 4. The number of hydrogen-bond acceptors (Lipinski definition) is 7. The molecular weight excluding hydrogens is 373 g/mol. The van der Waals surface area contributed by atoms with Gasteiger partial charge in [0.15, 0.2) is 5.82 Å². The molecule has 0 aliphatic heterocycles. The fraction of sp³-hybridized carbons (Fsp3) is 0.333. The Morgan fingerprint density at radius 3 is 2.93 bits per heavy atom. The summed E-state index contributed by atoms with van der Waals surface area (Å²) in [5.74, 6) is -0.0685. The number of halogens is 2. The lowest BCUT2D eigenvalue weighted by Gasteiger charge is -2.25. The van der Waals surface area contributed by atoms with Crippen molar-refractivity contribution in [1.29, 1.82) is 0 Å². The van der Waals surface area contributed by atoms with Gasteiger partial charge in [-0.1, -0.05) is 11.6 Å². The molecule has 1 saturated carbocycles. The lowest BCUT2D eigenvalue weighted by Crippen LogP contribution is -2.28. The minimum Gasteiger partial charge on any atom is -0.460 e. The van der Waals surface area contributed by atoms with Gasteiger partial charge < -0.3 is 15.2 Å². The van der Waals surface area contributed by atoms with Crippen LogP contribution in [0.4, 0.5) is 15.9 Å². The second kappa shape index (κ2) is 7.58. The van der Waals surface area contributed by atoms with Crippen molar-refractivity contribution in [2.75, 3.05) is 5.32 Å². The van der Waals surface area contributed by atoms with Gasteiger partial charge in [0.05, 0.1) is 17.3 Å². The number of hydrogen-bond donors (Lipinski definition) is 2. The Hall–Kier alpha value is -2.58. The van der Waals surface area contributed by atoms with E-state index in [4.69, 9.17) is 16.3 Å². The van der Waals surface area contributed by atoms with Crippen molar-refractivity contribution in [1.82, 2.24) is 19.9 Å². The van der Waals surface area contributed by atoms with E-state index in [2.05, 4.69) is 25.3 Å². The molecule has 27 heavy (non-hydrogen) atoms. The fourth-order valence-corrected chi connectivity index (χ4v) is 3.25. The van der Waals surface area contributed by atoms with Crippen molar-refractivity contribution in [3.63, 3.8) is 0 Å². The van der Waals surface area contributed by atoms with Crippen LogP contribution >= 0.6 is 11.6 Å². The van der Waals surface area contributed by atoms with Crippen molar-refractivity contribution in [2.24, 2.45) is 0 Å². The number of aliphatic hydroxyl groups excluding tert-OH is 1. The first-order valence-corrected chi connectivity index (χ1v) is 9.01. The number of benzene rings is 1. The zero-order chi connectivity index (χ0) is 18.8. The summed E-state index contributed by atoms with van der Waals surface area (Å²) < 4.78 is 19.2. The molecule has 0 bridgehead atoms. The number of ether oxygens (including phenoxy) is 1. The molecule has 9 heteroatoms. The second-order valence-electron chi connectivity index (χ2n) is 6.42. The van der Waals surface area contributed by atoms with E-state index in [1.54, 1.807) is 12.3 Å². The van der Waals surface area contributed by atoms with Crippen LogP contribution in [0.2, 0.25) is 5.02 Å². The van der Waals surface area contributed by atoms with Gasteiger partial charge in [0.25, 0.3) is 0 Å². The van der Waals surface area contributed by atoms with Crippen molar-refractivity contribution in [2.45, 2.75) is 37.9 Å². The minimum atomic E-state index is -0.498. The quantitative estimate of drug-likeness (QED) is 0.703. The van der Waals surface area contributed by atoms with Gasteiger partial charge in [0, 0.05) is 12.1 Å². The number of fused-ring (bicyclic) bond motifs is 1. The highest BCUT2D eigenvalue weighted by atomic mass is 35.5. The second-order valence-corrected chi connectivity index (χ2v) is 6.83. The summed E-state index contributed by atoms with van der Waals surface area (Å²) >= 11 is 5.83. The molecule has 2 N–H and O–H groups in total. The number of nitrogens with one attached hydrogen (secondary N) is 1. The van der Waals surface area contributed by atoms with Crippen molar-refractivity contribution in [3.05, 3.63) is 41.6 Å². The van der Waals surface area contributed by atoms with E-state index in [1.807, 2.05) is 0 Å². The average Bonchev–Trinajstić information content (AvgIpc) is 2.65. The molecule has 4 rings (SSSR count). The maximum atomic E-state index is 13.4. The largest absolute Gasteiger partial charge is 0.460 e. The highest BCUT2D eigenvalue weighted by Gasteiger charge is 2.22. The number of anilines is 2. The highest BCUT2D eigenvalue weighted by Crippen LogP contribution is 2.27. The Labute approximate surface area is 159 Å². The van der Waals surface area contributed by atoms with Gasteiger partial charge in [-0.25, -0.2) is 19.3 Å². The fourth-order valence-electron chi connectivity index (χ4n) is 3.07. The van der Waals surface area contributed by atoms with Gasteiger partial charge in [-0.2, -0.15) is 4.98 Å². The Morgan fingerprint density at radius 2 is 2.11 bits per heavy atom. The molecule has 1 aliphatic carbocycles. The smallest absolute Gasteiger partial charge is 0.317 e. The molecule has 7 nitrogen and oxygen atoms in total. The van der Waals surface area contributed by atoms with E-state index < -0.39 is 5.82 Å². The van der Waals surface area contributed by atoms with E-state index in [0.717, 1.165) is 19.3 Å². The summed E-state index contributed by atoms with van der Waals surface area (Å²) in [6.07, 6.45) is 5.57. The van der Waals surface area contributed by atoms with Gasteiger partial charge in [-0.3, -0.25) is 0 Å². The summed E-state index contributed by atoms with van der Waals surface area (Å²) in [7, 11) is 0. The molecule has 2 unspecified atom stereocenters. The third-order valence-electron chi connectivity index (χ3n) is 4.41. The Bertz CT molecular complexity index is 974. The van der Waals surface area contributed by atoms with Crippen molar-refractivity contribution >= 4 is 34.1 Å². The van der Waals surface area contributed by atoms with Crippen LogP contribution in [-0.4, -0.2) is 37.3 Å². The SMILES string of the molecule is OC1CCCC(Oc2ncc3ncnc(Nc4ccc(F)c(Cl)c4)c3n2)C1. The van der Waals surface area contributed by atoms with Gasteiger partial charge in [0.2, 0.25) is 0 Å². The van der Waals surface area contributed by atoms with E-state index >= 15 is 0 Å². The molecule has 1 aliphatic rings. The van der Waals surface area contributed by atoms with E-state index in [9.17, 15) is 9.50 Å². The molecule has 3 aromatic rings. The van der Waals surface area contributed by atoms with Crippen LogP contribution in [0.25, 0.3) is 11.0 Å². The Balaban J connectivity index is 1.61. The summed E-state index contributed by atoms with van der Waals surface area (Å²) in [5.41, 5.74) is 1.58. The first-order chi connectivity index (χ1) is 13.1. The summed E-state index contributed by atoms with van der Waals surface area (Å²) in [6, 6.07) is 4.49. The van der Waals surface area contributed by atoms with Crippen LogP contribution in [0, 0.1) is 5.82 Å². The third kappa shape index (κ3) is 4.06. The zero-order valence-corrected chi connectivity index (χ0v) is 15.0. The summed E-state index contributed by atoms with van der Waals surface area (Å²) in [6.45, 7) is 0. The topological polar surface area (TPSA) is 93.0 Å². The predicted molar refractivity (Wildman–Crippen MR) is 98.7 cm³/mol. The zero-order valence-electron chi connectivity index (χ0n) is 14.3. The molecule has 0 amide bonds. The van der Waals surface area contributed by atoms with Gasteiger partial charge in [-0.05, 0) is 37.5 Å². The van der Waals surface area contributed by atoms with Crippen LogP contribution < -0.4 is 10.1 Å². The maximum absolute atomic E-state index is 13.4. The average molecular weight is 390 g/mol. The van der Waals surface area contributed by atoms with Crippen LogP contribution in [-0.2, 0) is 0 Å². The minimum absolute atomic E-state index is 0.00728. The normalized spacial score (nSPS) is 19.8. The van der Waals surface area contributed by atoms with Crippen molar-refractivity contribution in [3.8, 4) is 6.01 Å². The lowest BCUT2D eigenvalue weighted by molar-refractivity contribution is 0.0491. The molecule has 0 radical (unpaired) electrons. The number of aromatic nitrogens is 4. The Morgan fingerprint density at radius 1 is 1.22 bits per heavy atom. The Kier molecular flexibility index (Phi) is 5.00. The van der Waals surface area contributed by atoms with Crippen LogP contribution in [0.5, 0.6) is 6.01 Å². The molecular formula is C18H17ClFN5O2. The number of aliphatic hydroxyl groups is 1. The predicted octanol–water partition coefficient (Wildman–Crippen LogP) is 3.64. The van der Waals surface area contributed by atoms with Crippen LogP contribution in [0.3, 0.4) is 0 Å². The highest BCUT2D eigenvalue weighted by molar-refractivity contribution is 6.31. The summed E-state index contributed by atoms with van der Waals surface area (Å²) in [5, 5.41) is 12.9. The van der Waals surface area contributed by atoms with Gasteiger partial charge >= 0.3 is 6.01 Å². The van der Waals surface area contributed by atoms with Crippen LogP contribution in [0.1, 0.15) is 25.7 Å². The van der Waals surface area contributed by atoms with E-state index in [-0.39, 0.29) is 23.2 Å².